The summed E-state index contributed by atoms with van der Waals surface area (Å²) >= 11 is 0. The molecule has 0 spiro atoms. The summed E-state index contributed by atoms with van der Waals surface area (Å²) in [7, 11) is 0. The summed E-state index contributed by atoms with van der Waals surface area (Å²) in [6.07, 6.45) is -3.28. The number of carbonyl (C=O) groups excluding carboxylic acids is 1. The molecule has 0 saturated carbocycles. The molecular weight excluding hydrogens is 387 g/mol. The van der Waals surface area contributed by atoms with E-state index in [0.29, 0.717) is 11.6 Å². The van der Waals surface area contributed by atoms with Gasteiger partial charge in [0.1, 0.15) is 5.82 Å². The third-order valence-corrected chi connectivity index (χ3v) is 5.00. The first-order chi connectivity index (χ1) is 13.8. The number of amides is 1. The van der Waals surface area contributed by atoms with Crippen molar-refractivity contribution in [3.63, 3.8) is 0 Å². The molecule has 1 aliphatic rings. The van der Waals surface area contributed by atoms with Crippen LogP contribution in [0.25, 0.3) is 11.3 Å². The van der Waals surface area contributed by atoms with Crippen LogP contribution in [-0.4, -0.2) is 31.8 Å². The van der Waals surface area contributed by atoms with Crippen LogP contribution in [0, 0.1) is 12.8 Å². The van der Waals surface area contributed by atoms with Gasteiger partial charge in [-0.1, -0.05) is 29.8 Å². The molecule has 1 amide bonds. The molecule has 0 saturated heterocycles. The van der Waals surface area contributed by atoms with E-state index in [1.54, 1.807) is 4.57 Å². The number of hydrogen-bond acceptors (Lipinski definition) is 5. The predicted molar refractivity (Wildman–Crippen MR) is 95.7 cm³/mol. The molecule has 152 valence electrons. The third kappa shape index (κ3) is 3.87. The van der Waals surface area contributed by atoms with Gasteiger partial charge in [0.25, 0.3) is 5.91 Å². The molecule has 0 fully saturated rings. The number of nitrogens with one attached hydrogen (secondary N) is 1. The van der Waals surface area contributed by atoms with Gasteiger partial charge in [-0.15, -0.1) is 10.2 Å². The number of alkyl halides is 3. The van der Waals surface area contributed by atoms with Crippen molar-refractivity contribution in [3.8, 4) is 11.3 Å². The summed E-state index contributed by atoms with van der Waals surface area (Å²) < 4.78 is 45.8. The third-order valence-electron chi connectivity index (χ3n) is 5.00. The van der Waals surface area contributed by atoms with Crippen molar-refractivity contribution in [2.45, 2.75) is 39.0 Å². The highest BCUT2D eigenvalue weighted by Crippen LogP contribution is 2.34. The van der Waals surface area contributed by atoms with E-state index in [-0.39, 0.29) is 37.4 Å². The Morgan fingerprint density at radius 1 is 1.28 bits per heavy atom. The normalized spacial score (nSPS) is 16.5. The van der Waals surface area contributed by atoms with Crippen molar-refractivity contribution in [3.05, 3.63) is 53.6 Å². The first-order valence-electron chi connectivity index (χ1n) is 9.09. The summed E-state index contributed by atoms with van der Waals surface area (Å²) in [6, 6.07) is 7.46. The number of aromatic nitrogens is 4. The molecule has 4 rings (SSSR count). The number of halogens is 3. The Morgan fingerprint density at radius 2 is 2.03 bits per heavy atom. The lowest BCUT2D eigenvalue weighted by Crippen LogP contribution is -2.32. The van der Waals surface area contributed by atoms with Crippen molar-refractivity contribution >= 4 is 5.91 Å². The van der Waals surface area contributed by atoms with Crippen LogP contribution in [0.1, 0.15) is 34.1 Å². The second-order valence-electron chi connectivity index (χ2n) is 6.99. The summed E-state index contributed by atoms with van der Waals surface area (Å²) in [6.45, 7) is 2.15. The fraction of sp³-hybridized carbons (Fsp3) is 0.368. The van der Waals surface area contributed by atoms with Gasteiger partial charge < -0.3 is 14.3 Å². The highest BCUT2D eigenvalue weighted by Gasteiger charge is 2.42. The van der Waals surface area contributed by atoms with Crippen molar-refractivity contribution in [1.29, 1.82) is 0 Å². The molecule has 1 atom stereocenters. The average Bonchev–Trinajstić information content (AvgIpc) is 3.33. The molecule has 1 aliphatic heterocycles. The van der Waals surface area contributed by atoms with E-state index in [1.807, 2.05) is 31.2 Å². The predicted octanol–water partition coefficient (Wildman–Crippen LogP) is 3.30. The maximum Gasteiger partial charge on any atom is 0.392 e. The number of benzene rings is 1. The lowest BCUT2D eigenvalue weighted by molar-refractivity contribution is -0.179. The van der Waals surface area contributed by atoms with Gasteiger partial charge in [-0.25, -0.2) is 4.98 Å². The van der Waals surface area contributed by atoms with Gasteiger partial charge in [0.15, 0.2) is 23.7 Å². The Morgan fingerprint density at radius 3 is 2.76 bits per heavy atom. The SMILES string of the molecule is Cc1ccc(-c2ocnc2C(=O)NCc2nnc3n2CCC(C(F)(F)F)C3)cc1. The highest BCUT2D eigenvalue weighted by atomic mass is 19.4. The van der Waals surface area contributed by atoms with E-state index >= 15 is 0 Å². The fourth-order valence-corrected chi connectivity index (χ4v) is 3.36. The van der Waals surface area contributed by atoms with Crippen LogP contribution in [0.2, 0.25) is 0 Å². The highest BCUT2D eigenvalue weighted by molar-refractivity contribution is 5.97. The smallest absolute Gasteiger partial charge is 0.392 e. The lowest BCUT2D eigenvalue weighted by atomic mass is 9.97. The monoisotopic (exact) mass is 405 g/mol. The zero-order valence-electron chi connectivity index (χ0n) is 15.5. The molecule has 7 nitrogen and oxygen atoms in total. The number of nitrogens with zero attached hydrogens (tertiary/aromatic N) is 4. The molecular formula is C19H18F3N5O2. The Bertz CT molecular complexity index is 1020. The topological polar surface area (TPSA) is 85.8 Å². The Hall–Kier alpha value is -3.17. The first kappa shape index (κ1) is 19.2. The van der Waals surface area contributed by atoms with Crippen molar-refractivity contribution in [2.24, 2.45) is 5.92 Å². The number of rotatable bonds is 4. The molecule has 0 bridgehead atoms. The van der Waals surface area contributed by atoms with E-state index in [9.17, 15) is 18.0 Å². The van der Waals surface area contributed by atoms with Crippen LogP contribution in [0.15, 0.2) is 35.1 Å². The van der Waals surface area contributed by atoms with Crippen LogP contribution >= 0.6 is 0 Å². The van der Waals surface area contributed by atoms with Crippen LogP contribution in [0.5, 0.6) is 0 Å². The largest absolute Gasteiger partial charge is 0.443 e. The molecule has 0 aliphatic carbocycles. The molecule has 3 heterocycles. The summed E-state index contributed by atoms with van der Waals surface area (Å²) in [5.41, 5.74) is 1.92. The van der Waals surface area contributed by atoms with Crippen LogP contribution in [0.3, 0.4) is 0 Å². The number of hydrogen-bond donors (Lipinski definition) is 1. The maximum absolute atomic E-state index is 12.9. The minimum absolute atomic E-state index is 0.0305. The molecule has 0 radical (unpaired) electrons. The van der Waals surface area contributed by atoms with Gasteiger partial charge >= 0.3 is 6.18 Å². The minimum atomic E-state index is -4.25. The van der Waals surface area contributed by atoms with E-state index in [2.05, 4.69) is 20.5 Å². The zero-order valence-corrected chi connectivity index (χ0v) is 15.5. The molecule has 29 heavy (non-hydrogen) atoms. The maximum atomic E-state index is 12.9. The minimum Gasteiger partial charge on any atom is -0.443 e. The zero-order chi connectivity index (χ0) is 20.6. The van der Waals surface area contributed by atoms with Gasteiger partial charge in [-0.3, -0.25) is 4.79 Å². The van der Waals surface area contributed by atoms with Crippen molar-refractivity contribution in [1.82, 2.24) is 25.1 Å². The van der Waals surface area contributed by atoms with E-state index in [0.717, 1.165) is 11.1 Å². The van der Waals surface area contributed by atoms with Crippen LogP contribution in [0.4, 0.5) is 13.2 Å². The van der Waals surface area contributed by atoms with E-state index in [4.69, 9.17) is 4.42 Å². The molecule has 1 unspecified atom stereocenters. The van der Waals surface area contributed by atoms with E-state index < -0.39 is 18.0 Å². The molecule has 10 heteroatoms. The van der Waals surface area contributed by atoms with Gasteiger partial charge in [0.05, 0.1) is 12.5 Å². The summed E-state index contributed by atoms with van der Waals surface area (Å²) in [5, 5.41) is 10.5. The van der Waals surface area contributed by atoms with Gasteiger partial charge in [0, 0.05) is 18.5 Å². The Kier molecular flexibility index (Phi) is 4.85. The van der Waals surface area contributed by atoms with Crippen molar-refractivity contribution in [2.75, 3.05) is 0 Å². The number of carbonyl (C=O) groups is 1. The summed E-state index contributed by atoms with van der Waals surface area (Å²) in [4.78, 5) is 16.6. The second kappa shape index (κ2) is 7.34. The lowest BCUT2D eigenvalue weighted by Gasteiger charge is -2.25. The molecule has 1 N–H and O–H groups in total. The fourth-order valence-electron chi connectivity index (χ4n) is 3.36. The standard InChI is InChI=1S/C19H18F3N5O2/c1-11-2-4-12(5-3-11)17-16(24-10-29-17)18(28)23-9-15-26-25-14-8-13(19(20,21)22)6-7-27(14)15/h2-5,10,13H,6-9H2,1H3,(H,23,28). The number of aryl methyl sites for hydroxylation is 1. The molecule has 1 aromatic carbocycles. The van der Waals surface area contributed by atoms with Crippen LogP contribution in [-0.2, 0) is 19.5 Å². The van der Waals surface area contributed by atoms with Gasteiger partial charge in [-0.2, -0.15) is 13.2 Å². The first-order valence-corrected chi connectivity index (χ1v) is 9.09. The van der Waals surface area contributed by atoms with E-state index in [1.165, 1.54) is 6.39 Å². The summed E-state index contributed by atoms with van der Waals surface area (Å²) in [5.74, 6) is -0.831. The molecule has 2 aromatic heterocycles. The van der Waals surface area contributed by atoms with Crippen molar-refractivity contribution < 1.29 is 22.4 Å². The Labute approximate surface area is 164 Å². The second-order valence-corrected chi connectivity index (χ2v) is 6.99. The van der Waals surface area contributed by atoms with Gasteiger partial charge in [0.2, 0.25) is 0 Å². The average molecular weight is 405 g/mol. The Balaban J connectivity index is 1.45. The van der Waals surface area contributed by atoms with Crippen LogP contribution < -0.4 is 5.32 Å². The number of oxazole rings is 1. The quantitative estimate of drug-likeness (QED) is 0.720. The van der Waals surface area contributed by atoms with Gasteiger partial charge in [-0.05, 0) is 13.3 Å². The number of fused-ring (bicyclic) bond motifs is 1. The molecule has 3 aromatic rings.